The Morgan fingerprint density at radius 1 is 1.12 bits per heavy atom. The monoisotopic (exact) mass is 482 g/mol. The lowest BCUT2D eigenvalue weighted by Gasteiger charge is -2.28. The minimum absolute atomic E-state index is 0.0385. The predicted molar refractivity (Wildman–Crippen MR) is 134 cm³/mol. The van der Waals surface area contributed by atoms with Crippen LogP contribution in [-0.2, 0) is 9.53 Å². The van der Waals surface area contributed by atoms with Gasteiger partial charge in [0.05, 0.1) is 16.7 Å². The summed E-state index contributed by atoms with van der Waals surface area (Å²) < 4.78 is 5.40. The quantitative estimate of drug-likeness (QED) is 0.477. The fraction of sp³-hybridized carbons (Fsp3) is 0.360. The van der Waals surface area contributed by atoms with Crippen molar-refractivity contribution in [3.05, 3.63) is 54.9 Å². The Morgan fingerprint density at radius 2 is 1.79 bits per heavy atom. The third kappa shape index (κ3) is 7.36. The van der Waals surface area contributed by atoms with E-state index in [2.05, 4.69) is 15.3 Å². The number of aliphatic hydroxyl groups excluding tert-OH is 1. The zero-order chi connectivity index (χ0) is 24.7. The zero-order valence-electron chi connectivity index (χ0n) is 19.8. The highest BCUT2D eigenvalue weighted by Crippen LogP contribution is 2.38. The molecule has 1 unspecified atom stereocenters. The van der Waals surface area contributed by atoms with E-state index in [9.17, 15) is 14.7 Å². The van der Waals surface area contributed by atoms with E-state index in [0.29, 0.717) is 5.13 Å². The molecule has 2 heterocycles. The van der Waals surface area contributed by atoms with Crippen LogP contribution in [0.2, 0.25) is 0 Å². The first-order valence-corrected chi connectivity index (χ1v) is 11.9. The van der Waals surface area contributed by atoms with Crippen LogP contribution in [-0.4, -0.2) is 56.8 Å². The molecule has 9 heteroatoms. The van der Waals surface area contributed by atoms with Gasteiger partial charge in [0.2, 0.25) is 5.91 Å². The number of aliphatic hydroxyl groups is 1. The van der Waals surface area contributed by atoms with Crippen LogP contribution < -0.4 is 5.32 Å². The number of hydrogen-bond donors (Lipinski definition) is 2. The molecule has 1 atom stereocenters. The van der Waals surface area contributed by atoms with Crippen molar-refractivity contribution in [2.75, 3.05) is 18.4 Å². The smallest absolute Gasteiger partial charge is 0.410 e. The average molecular weight is 483 g/mol. The van der Waals surface area contributed by atoms with Gasteiger partial charge in [-0.2, -0.15) is 0 Å². The number of carbonyl (C=O) groups is 2. The maximum absolute atomic E-state index is 12.7. The van der Waals surface area contributed by atoms with Crippen molar-refractivity contribution < 1.29 is 19.4 Å². The van der Waals surface area contributed by atoms with Crippen molar-refractivity contribution in [2.24, 2.45) is 0 Å². The second kappa shape index (κ2) is 11.2. The second-order valence-corrected chi connectivity index (χ2v) is 9.87. The van der Waals surface area contributed by atoms with Crippen molar-refractivity contribution in [3.63, 3.8) is 0 Å². The first-order chi connectivity index (χ1) is 16.1. The lowest BCUT2D eigenvalue weighted by atomic mass is 10.1. The largest absolute Gasteiger partial charge is 0.444 e. The summed E-state index contributed by atoms with van der Waals surface area (Å²) in [5.41, 5.74) is 2.00. The molecule has 0 radical (unpaired) electrons. The van der Waals surface area contributed by atoms with Crippen LogP contribution in [0.1, 0.15) is 34.1 Å². The zero-order valence-corrected chi connectivity index (χ0v) is 20.6. The number of carbonyl (C=O) groups excluding carboxylic acids is 2. The van der Waals surface area contributed by atoms with Crippen LogP contribution in [0, 0.1) is 0 Å². The van der Waals surface area contributed by atoms with Crippen molar-refractivity contribution >= 4 is 28.5 Å². The van der Waals surface area contributed by atoms with Gasteiger partial charge in [0.15, 0.2) is 5.13 Å². The van der Waals surface area contributed by atoms with Crippen LogP contribution in [0.4, 0.5) is 9.93 Å². The van der Waals surface area contributed by atoms with E-state index in [-0.39, 0.29) is 25.4 Å². The van der Waals surface area contributed by atoms with E-state index in [4.69, 9.17) is 4.74 Å². The molecular formula is C25H30N4O4S. The lowest BCUT2D eigenvalue weighted by Crippen LogP contribution is -2.41. The highest BCUT2D eigenvalue weighted by molar-refractivity contribution is 7.19. The molecule has 8 nitrogen and oxygen atoms in total. The third-order valence-corrected chi connectivity index (χ3v) is 5.63. The summed E-state index contributed by atoms with van der Waals surface area (Å²) in [5.74, 6) is -0.284. The van der Waals surface area contributed by atoms with Gasteiger partial charge in [-0.05, 0) is 45.4 Å². The van der Waals surface area contributed by atoms with Gasteiger partial charge in [-0.15, -0.1) is 0 Å². The summed E-state index contributed by atoms with van der Waals surface area (Å²) in [7, 11) is 0. The van der Waals surface area contributed by atoms with Crippen LogP contribution in [0.3, 0.4) is 0 Å². The van der Waals surface area contributed by atoms with Crippen molar-refractivity contribution in [1.29, 1.82) is 0 Å². The number of benzene rings is 1. The minimum atomic E-state index is -0.745. The molecule has 0 aliphatic heterocycles. The Hall–Kier alpha value is -3.30. The van der Waals surface area contributed by atoms with Crippen LogP contribution >= 0.6 is 11.3 Å². The number of anilines is 1. The van der Waals surface area contributed by atoms with Gasteiger partial charge >= 0.3 is 6.09 Å². The standard InChI is InChI=1S/C25H30N4O4S/c1-17(30)16-29(24(32)33-25(2,3)4)15-12-20(31)27-23-28-21(18-8-6-5-7-9-18)22(34-23)19-10-13-26-14-11-19/h5-11,13-14,17,30H,12,15-16H2,1-4H3,(H,27,28,31). The number of pyridine rings is 1. The Kier molecular flexibility index (Phi) is 8.36. The average Bonchev–Trinajstić information content (AvgIpc) is 3.20. The minimum Gasteiger partial charge on any atom is -0.444 e. The van der Waals surface area contributed by atoms with Gasteiger partial charge in [0.25, 0.3) is 0 Å². The van der Waals surface area contributed by atoms with Gasteiger partial charge in [-0.1, -0.05) is 41.7 Å². The molecule has 0 aliphatic rings. The maximum atomic E-state index is 12.7. The van der Waals surface area contributed by atoms with Crippen LogP contribution in [0.25, 0.3) is 21.7 Å². The molecule has 180 valence electrons. The SMILES string of the molecule is CC(O)CN(CCC(=O)Nc1nc(-c2ccccc2)c(-c2ccncc2)s1)C(=O)OC(C)(C)C. The predicted octanol–water partition coefficient (Wildman–Crippen LogP) is 4.82. The Morgan fingerprint density at radius 3 is 2.41 bits per heavy atom. The Labute approximate surface area is 203 Å². The second-order valence-electron chi connectivity index (χ2n) is 8.87. The van der Waals surface area contributed by atoms with E-state index < -0.39 is 17.8 Å². The van der Waals surface area contributed by atoms with Crippen LogP contribution in [0.5, 0.6) is 0 Å². The van der Waals surface area contributed by atoms with E-state index in [1.165, 1.54) is 16.2 Å². The summed E-state index contributed by atoms with van der Waals surface area (Å²) in [4.78, 5) is 36.2. The molecular weight excluding hydrogens is 452 g/mol. The van der Waals surface area contributed by atoms with Crippen molar-refractivity contribution in [1.82, 2.24) is 14.9 Å². The van der Waals surface area contributed by atoms with Gasteiger partial charge in [-0.3, -0.25) is 9.78 Å². The number of amides is 2. The number of ether oxygens (including phenoxy) is 1. The van der Waals surface area contributed by atoms with E-state index in [1.807, 2.05) is 42.5 Å². The van der Waals surface area contributed by atoms with Crippen molar-refractivity contribution in [2.45, 2.75) is 45.8 Å². The molecule has 0 fully saturated rings. The molecule has 2 N–H and O–H groups in total. The van der Waals surface area contributed by atoms with Gasteiger partial charge in [-0.25, -0.2) is 9.78 Å². The maximum Gasteiger partial charge on any atom is 0.410 e. The first-order valence-electron chi connectivity index (χ1n) is 11.0. The Balaban J connectivity index is 1.74. The highest BCUT2D eigenvalue weighted by Gasteiger charge is 2.24. The van der Waals surface area contributed by atoms with Crippen LogP contribution in [0.15, 0.2) is 54.9 Å². The molecule has 2 aromatic heterocycles. The molecule has 34 heavy (non-hydrogen) atoms. The number of nitrogens with zero attached hydrogens (tertiary/aromatic N) is 3. The first kappa shape index (κ1) is 25.3. The van der Waals surface area contributed by atoms with E-state index in [0.717, 1.165) is 21.7 Å². The molecule has 0 saturated carbocycles. The summed E-state index contributed by atoms with van der Waals surface area (Å²) >= 11 is 1.38. The molecule has 2 amide bonds. The number of nitrogens with one attached hydrogen (secondary N) is 1. The number of aromatic nitrogens is 2. The summed E-state index contributed by atoms with van der Waals surface area (Å²) in [6.07, 6.45) is 2.16. The Bertz CT molecular complexity index is 1040. The summed E-state index contributed by atoms with van der Waals surface area (Å²) in [6, 6.07) is 13.6. The molecule has 3 aromatic rings. The van der Waals surface area contributed by atoms with E-state index >= 15 is 0 Å². The summed E-state index contributed by atoms with van der Waals surface area (Å²) in [5, 5.41) is 13.1. The molecule has 0 aliphatic carbocycles. The summed E-state index contributed by atoms with van der Waals surface area (Å²) in [6.45, 7) is 7.07. The lowest BCUT2D eigenvalue weighted by molar-refractivity contribution is -0.116. The van der Waals surface area contributed by atoms with Gasteiger partial charge in [0, 0.05) is 37.5 Å². The molecule has 0 spiro atoms. The van der Waals surface area contributed by atoms with E-state index in [1.54, 1.807) is 40.1 Å². The fourth-order valence-corrected chi connectivity index (χ4v) is 4.19. The van der Waals surface area contributed by atoms with Crippen molar-refractivity contribution in [3.8, 4) is 21.7 Å². The topological polar surface area (TPSA) is 105 Å². The fourth-order valence-electron chi connectivity index (χ4n) is 3.19. The number of hydrogen-bond acceptors (Lipinski definition) is 7. The van der Waals surface area contributed by atoms with Gasteiger partial charge < -0.3 is 20.1 Å². The van der Waals surface area contributed by atoms with Gasteiger partial charge in [0.1, 0.15) is 5.60 Å². The molecule has 0 saturated heterocycles. The normalized spacial score (nSPS) is 12.1. The molecule has 3 rings (SSSR count). The number of rotatable bonds is 8. The molecule has 0 bridgehead atoms. The number of thiazole rings is 1. The molecule has 1 aromatic carbocycles. The highest BCUT2D eigenvalue weighted by atomic mass is 32.1. The third-order valence-electron chi connectivity index (χ3n) is 4.61.